The number of rotatable bonds is 8. The molecule has 2 aromatic rings. The van der Waals surface area contributed by atoms with Crippen LogP contribution in [0.1, 0.15) is 18.9 Å². The molecule has 1 aliphatic carbocycles. The molecule has 37 heavy (non-hydrogen) atoms. The van der Waals surface area contributed by atoms with Crippen LogP contribution in [0.25, 0.3) is 23.3 Å². The van der Waals surface area contributed by atoms with Crippen molar-refractivity contribution in [3.63, 3.8) is 0 Å². The minimum Gasteiger partial charge on any atom is -0.497 e. The second-order valence-corrected chi connectivity index (χ2v) is 8.50. The Hall–Kier alpha value is -3.54. The molecule has 1 aromatic heterocycles. The maximum atomic E-state index is 13.6. The number of fused-ring (bicyclic) bond motifs is 1. The minimum absolute atomic E-state index is 0.0509. The summed E-state index contributed by atoms with van der Waals surface area (Å²) in [6.07, 6.45) is -6.97. The van der Waals surface area contributed by atoms with Gasteiger partial charge in [-0.25, -0.2) is 9.59 Å². The summed E-state index contributed by atoms with van der Waals surface area (Å²) in [4.78, 5) is 23.8. The summed E-state index contributed by atoms with van der Waals surface area (Å²) in [7, 11) is 1.21. The van der Waals surface area contributed by atoms with Crippen molar-refractivity contribution in [2.75, 3.05) is 20.3 Å². The average molecular weight is 532 g/mol. The second-order valence-electron chi connectivity index (χ2n) is 8.50. The van der Waals surface area contributed by atoms with Crippen molar-refractivity contribution < 1.29 is 49.8 Å². The third-order valence-electron chi connectivity index (χ3n) is 5.74. The van der Waals surface area contributed by atoms with E-state index in [0.717, 1.165) is 25.1 Å². The molecule has 0 N–H and O–H groups in total. The molecule has 12 heteroatoms. The molecule has 1 aromatic carbocycles. The van der Waals surface area contributed by atoms with E-state index in [1.807, 2.05) is 0 Å². The molecule has 6 nitrogen and oxygen atoms in total. The van der Waals surface area contributed by atoms with Gasteiger partial charge in [-0.05, 0) is 43.7 Å². The first-order chi connectivity index (χ1) is 17.2. The number of carbonyl (C=O) groups is 1. The molecule has 0 radical (unpaired) electrons. The van der Waals surface area contributed by atoms with Crippen molar-refractivity contribution in [2.24, 2.45) is 5.41 Å². The summed E-state index contributed by atoms with van der Waals surface area (Å²) in [6, 6.07) is 4.35. The molecule has 0 bridgehead atoms. The fraction of sp³-hybridized carbons (Fsp3) is 0.360. The van der Waals surface area contributed by atoms with E-state index < -0.39 is 59.8 Å². The van der Waals surface area contributed by atoms with Crippen molar-refractivity contribution in [1.82, 2.24) is 0 Å². The highest BCUT2D eigenvalue weighted by atomic mass is 19.4. The topological polar surface area (TPSA) is 75.0 Å². The van der Waals surface area contributed by atoms with Gasteiger partial charge in [-0.1, -0.05) is 12.7 Å². The molecule has 0 saturated carbocycles. The smallest absolute Gasteiger partial charge is 0.417 e. The van der Waals surface area contributed by atoms with E-state index >= 15 is 0 Å². The summed E-state index contributed by atoms with van der Waals surface area (Å²) in [6.45, 7) is 2.07. The van der Waals surface area contributed by atoms with E-state index in [0.29, 0.717) is 0 Å². The summed E-state index contributed by atoms with van der Waals surface area (Å²) >= 11 is 0. The van der Waals surface area contributed by atoms with Crippen LogP contribution < -0.4 is 21.0 Å². The van der Waals surface area contributed by atoms with E-state index in [4.69, 9.17) is 13.9 Å². The quantitative estimate of drug-likeness (QED) is 0.291. The van der Waals surface area contributed by atoms with Crippen molar-refractivity contribution >= 4 is 18.1 Å². The number of methoxy groups -OCH3 is 1. The number of benzene rings is 1. The molecule has 2 atom stereocenters. The Kier molecular flexibility index (Phi) is 7.91. The van der Waals surface area contributed by atoms with Crippen LogP contribution in [0.4, 0.5) is 26.3 Å². The second kappa shape index (κ2) is 10.4. The maximum Gasteiger partial charge on any atom is 0.417 e. The molecule has 0 fully saturated rings. The highest BCUT2D eigenvalue weighted by Gasteiger charge is 2.52. The van der Waals surface area contributed by atoms with Crippen LogP contribution in [-0.4, -0.2) is 38.6 Å². The number of halogens is 6. The van der Waals surface area contributed by atoms with Gasteiger partial charge in [0.1, 0.15) is 23.2 Å². The highest BCUT2D eigenvalue weighted by molar-refractivity contribution is 5.81. The molecule has 0 aliphatic heterocycles. The first-order valence-electron chi connectivity index (χ1n) is 10.8. The van der Waals surface area contributed by atoms with Crippen LogP contribution in [0, 0.1) is 5.41 Å². The standard InChI is InChI=1S/C25H22F6O6/c1-4-21(32)36-13-23(2,25(29,30)31)12-35-16-6-5-14-9-18(22(33)37-20(14)11-16)17-8-7-15(34-3)10-19(17)24(26,27)28/h4-5,7-11,16H,1,6,12-13H2,2-3H3. The summed E-state index contributed by atoms with van der Waals surface area (Å²) in [5.74, 6) is -1.08. The Morgan fingerprint density at radius 1 is 1.14 bits per heavy atom. The maximum absolute atomic E-state index is 13.6. The molecule has 200 valence electrons. The number of alkyl halides is 6. The largest absolute Gasteiger partial charge is 0.497 e. The Bertz CT molecular complexity index is 1360. The molecule has 0 amide bonds. The van der Waals surface area contributed by atoms with Gasteiger partial charge in [0.15, 0.2) is 0 Å². The number of hydrogen-bond donors (Lipinski definition) is 0. The van der Waals surface area contributed by atoms with Gasteiger partial charge in [0, 0.05) is 16.9 Å². The van der Waals surface area contributed by atoms with Crippen molar-refractivity contribution in [1.29, 1.82) is 0 Å². The van der Waals surface area contributed by atoms with Crippen LogP contribution in [0.3, 0.4) is 0 Å². The Morgan fingerprint density at radius 2 is 1.84 bits per heavy atom. The summed E-state index contributed by atoms with van der Waals surface area (Å²) < 4.78 is 102. The monoisotopic (exact) mass is 532 g/mol. The lowest BCUT2D eigenvalue weighted by molar-refractivity contribution is -0.248. The van der Waals surface area contributed by atoms with Gasteiger partial charge in [0.05, 0.1) is 30.9 Å². The highest BCUT2D eigenvalue weighted by Crippen LogP contribution is 2.40. The van der Waals surface area contributed by atoms with E-state index in [1.165, 1.54) is 31.4 Å². The Labute approximate surface area is 206 Å². The predicted octanol–water partition coefficient (Wildman–Crippen LogP) is 3.98. The van der Waals surface area contributed by atoms with Crippen molar-refractivity contribution in [3.05, 3.63) is 63.5 Å². The van der Waals surface area contributed by atoms with Gasteiger partial charge in [0.25, 0.3) is 0 Å². The van der Waals surface area contributed by atoms with Gasteiger partial charge in [-0.2, -0.15) is 26.3 Å². The van der Waals surface area contributed by atoms with E-state index in [2.05, 4.69) is 11.3 Å². The lowest BCUT2D eigenvalue weighted by Crippen LogP contribution is -2.45. The van der Waals surface area contributed by atoms with Crippen LogP contribution in [0.15, 0.2) is 46.1 Å². The molecule has 3 rings (SSSR count). The normalized spacial score (nSPS) is 17.0. The molecule has 0 spiro atoms. The van der Waals surface area contributed by atoms with Crippen molar-refractivity contribution in [2.45, 2.75) is 31.8 Å². The van der Waals surface area contributed by atoms with Crippen LogP contribution >= 0.6 is 0 Å². The molecule has 2 unspecified atom stereocenters. The zero-order valence-corrected chi connectivity index (χ0v) is 19.7. The number of esters is 1. The van der Waals surface area contributed by atoms with Crippen molar-refractivity contribution in [3.8, 4) is 16.9 Å². The predicted molar refractivity (Wildman–Crippen MR) is 120 cm³/mol. The van der Waals surface area contributed by atoms with Crippen LogP contribution in [0.5, 0.6) is 5.75 Å². The average Bonchev–Trinajstić information content (AvgIpc) is 2.83. The fourth-order valence-corrected chi connectivity index (χ4v) is 3.48. The van der Waals surface area contributed by atoms with Gasteiger partial charge in [-0.3, -0.25) is 0 Å². The minimum atomic E-state index is -4.79. The number of carbonyl (C=O) groups excluding carboxylic acids is 1. The lowest BCUT2D eigenvalue weighted by atomic mass is 9.92. The van der Waals surface area contributed by atoms with Gasteiger partial charge < -0.3 is 18.6 Å². The first kappa shape index (κ1) is 28.0. The molecular formula is C25H22F6O6. The van der Waals surface area contributed by atoms with Crippen LogP contribution in [-0.2, 0) is 20.4 Å². The van der Waals surface area contributed by atoms with Gasteiger partial charge >= 0.3 is 23.9 Å². The summed E-state index contributed by atoms with van der Waals surface area (Å²) in [5.41, 5.74) is -5.51. The zero-order chi connectivity index (χ0) is 27.6. The fourth-order valence-electron chi connectivity index (χ4n) is 3.48. The SMILES string of the molecule is C=CC(=O)OCC(C)(COC1C=c2oc(=O)c(-c3ccc(OC)cc3C(F)(F)F)cc2=CC1)C(F)(F)F. The van der Waals surface area contributed by atoms with Gasteiger partial charge in [-0.15, -0.1) is 0 Å². The zero-order valence-electron chi connectivity index (χ0n) is 19.7. The third-order valence-corrected chi connectivity index (χ3v) is 5.74. The lowest BCUT2D eigenvalue weighted by Gasteiger charge is -2.32. The molecule has 1 aliphatic rings. The molecule has 0 saturated heterocycles. The van der Waals surface area contributed by atoms with E-state index in [1.54, 1.807) is 0 Å². The Morgan fingerprint density at radius 3 is 2.43 bits per heavy atom. The third kappa shape index (κ3) is 6.24. The molecular weight excluding hydrogens is 510 g/mol. The number of hydrogen-bond acceptors (Lipinski definition) is 6. The first-order valence-corrected chi connectivity index (χ1v) is 10.8. The Balaban J connectivity index is 1.90. The van der Waals surface area contributed by atoms with E-state index in [9.17, 15) is 35.9 Å². The van der Waals surface area contributed by atoms with E-state index in [-0.39, 0.29) is 28.4 Å². The van der Waals surface area contributed by atoms with Gasteiger partial charge in [0.2, 0.25) is 0 Å². The molecule has 1 heterocycles. The summed E-state index contributed by atoms with van der Waals surface area (Å²) in [5, 5.41) is 0.275. The van der Waals surface area contributed by atoms with Crippen LogP contribution in [0.2, 0.25) is 0 Å². The number of ether oxygens (including phenoxy) is 3.